The fourth-order valence-corrected chi connectivity index (χ4v) is 15.7. The van der Waals surface area contributed by atoms with Crippen molar-refractivity contribution in [2.45, 2.75) is 265 Å². The number of carbonyl (C=O) groups is 17. The molecule has 760 valence electrons. The van der Waals surface area contributed by atoms with Gasteiger partial charge in [0.05, 0.1) is 12.7 Å². The molecule has 4 aliphatic rings. The Hall–Kier alpha value is -13.6. The van der Waals surface area contributed by atoms with Gasteiger partial charge in [-0.25, -0.2) is 52.3 Å². The van der Waals surface area contributed by atoms with Crippen LogP contribution in [-0.2, 0) is 104 Å². The Balaban J connectivity index is 1.61. The lowest BCUT2D eigenvalue weighted by molar-refractivity contribution is -0.139. The van der Waals surface area contributed by atoms with E-state index in [1.54, 1.807) is 24.5 Å². The number of aromatic hydroxyl groups is 1. The van der Waals surface area contributed by atoms with E-state index in [1.165, 1.54) is 12.1 Å². The minimum absolute atomic E-state index is 0.0798. The van der Waals surface area contributed by atoms with Gasteiger partial charge in [0.1, 0.15) is 112 Å². The highest BCUT2D eigenvalue weighted by Gasteiger charge is 2.45. The van der Waals surface area contributed by atoms with Crippen LogP contribution in [0.25, 0.3) is 0 Å². The molecule has 15 atom stereocenters. The molecule has 0 aromatic heterocycles. The van der Waals surface area contributed by atoms with Crippen molar-refractivity contribution >= 4 is 122 Å². The number of benzene rings is 4. The first-order valence-electron chi connectivity index (χ1n) is 43.7. The van der Waals surface area contributed by atoms with Crippen molar-refractivity contribution < 1.29 is 154 Å². The third-order valence-electron chi connectivity index (χ3n) is 22.1. The van der Waals surface area contributed by atoms with Crippen molar-refractivity contribution in [3.8, 4) is 5.75 Å². The van der Waals surface area contributed by atoms with E-state index in [9.17, 15) is 95.6 Å². The van der Waals surface area contributed by atoms with Gasteiger partial charge in [-0.15, -0.1) is 0 Å². The van der Waals surface area contributed by atoms with Crippen LogP contribution in [0.1, 0.15) is 163 Å². The topological polar surface area (TPSA) is 650 Å². The second-order valence-electron chi connectivity index (χ2n) is 33.6. The standard InChI is InChI=1S/C86H112F10N18O23S/c1-9-10-11-12-13-17-48-76(125)102-39(6)75(124)105-49(24-26-58(97)119)77(126)108-52(30-42-15-14-16-42)80(129)112-56(84(133)113-57(35-115)85(134)103-38(5)74(123)101-37(4)73(98)122)34-100-70-62(91)66(95)72(67(96)63(70)92)138(136,137)71-64(93)60(89)69(61(90)65(71)94)99-33-55(83(132)107-50(25-27-59(120)121)78(127)109-53(79(128)106-48)31-43-18-21-45(118)22-19-43)111-81(130)54(32-44-20-23-46(87)47(88)29-44)110-86(135)68(40(7)116)114-82(131)51(28-36(2)3)104-41(8)117/h18-23,29,36-40,42,48-57,68,99-100,115-116,118H,9-17,24-28,30-35H2,1-8H3,(H2,97,119)(H2,98,122)(H,101,123)(H,102,125)(H,103,134)(H,104,117)(H,105,124)(H,106,128)(H,107,132)(H,108,126)(H,109,127)(H,110,135)(H,111,130)(H,112,129)(H,113,133)(H,114,131)(H,120,121)/t37-,38-,39-,40+,48-,49-,50-,51-,52-,53-,54-,55-,56+,57-,68-/m0/s1. The average molecular weight is 1990 g/mol. The predicted octanol–water partition coefficient (Wildman–Crippen LogP) is -0.609. The van der Waals surface area contributed by atoms with E-state index in [-0.39, 0.29) is 36.5 Å². The van der Waals surface area contributed by atoms with Gasteiger partial charge in [0.25, 0.3) is 0 Å². The van der Waals surface area contributed by atoms with E-state index in [0.29, 0.717) is 57.1 Å². The molecule has 0 spiro atoms. The largest absolute Gasteiger partial charge is 0.508 e. The van der Waals surface area contributed by atoms with Gasteiger partial charge in [-0.3, -0.25) is 81.5 Å². The highest BCUT2D eigenvalue weighted by molar-refractivity contribution is 7.91. The van der Waals surface area contributed by atoms with Crippen LogP contribution in [0.5, 0.6) is 5.75 Å². The number of amides is 16. The number of rotatable bonds is 36. The normalized spacial score (nSPS) is 20.4. The van der Waals surface area contributed by atoms with Crippen LogP contribution in [0.4, 0.5) is 55.3 Å². The van der Waals surface area contributed by atoms with Crippen molar-refractivity contribution in [1.82, 2.24) is 74.4 Å². The molecule has 138 heavy (non-hydrogen) atoms. The van der Waals surface area contributed by atoms with Gasteiger partial charge >= 0.3 is 5.97 Å². The fraction of sp³-hybridized carbons (Fsp3) is 0.523. The predicted molar refractivity (Wildman–Crippen MR) is 465 cm³/mol. The monoisotopic (exact) mass is 1990 g/mol. The molecule has 41 nitrogen and oxygen atoms in total. The number of carbonyl (C=O) groups excluding carboxylic acids is 16. The Morgan fingerprint density at radius 2 is 1.00 bits per heavy atom. The van der Waals surface area contributed by atoms with Gasteiger partial charge in [0, 0.05) is 45.7 Å². The number of nitrogens with one attached hydrogen (secondary N) is 16. The van der Waals surface area contributed by atoms with Crippen molar-refractivity contribution in [2.24, 2.45) is 23.3 Å². The molecule has 52 heteroatoms. The molecule has 3 aliphatic heterocycles. The van der Waals surface area contributed by atoms with Crippen LogP contribution in [0.2, 0.25) is 0 Å². The second kappa shape index (κ2) is 52.1. The van der Waals surface area contributed by atoms with Crippen molar-refractivity contribution in [3.63, 3.8) is 0 Å². The van der Waals surface area contributed by atoms with Crippen LogP contribution in [0.3, 0.4) is 0 Å². The minimum atomic E-state index is -7.18. The molecule has 4 aromatic carbocycles. The summed E-state index contributed by atoms with van der Waals surface area (Å²) in [5, 5.41) is 75.8. The summed E-state index contributed by atoms with van der Waals surface area (Å²) < 4.78 is 193. The van der Waals surface area contributed by atoms with E-state index in [0.717, 1.165) is 52.8 Å². The number of aliphatic carboxylic acids is 1. The number of anilines is 2. The Morgan fingerprint density at radius 1 is 0.507 bits per heavy atom. The zero-order valence-electron chi connectivity index (χ0n) is 75.9. The Labute approximate surface area is 783 Å². The molecule has 3 heterocycles. The van der Waals surface area contributed by atoms with Gasteiger partial charge in [-0.2, -0.15) is 0 Å². The molecule has 16 amide bonds. The summed E-state index contributed by atoms with van der Waals surface area (Å²) >= 11 is 0. The molecule has 1 aliphatic carbocycles. The van der Waals surface area contributed by atoms with Crippen LogP contribution in [0, 0.1) is 70.0 Å². The number of fused-ring (bicyclic) bond motifs is 2. The summed E-state index contributed by atoms with van der Waals surface area (Å²) in [6.45, 7) is 5.44. The number of hydrogen-bond acceptors (Lipinski definition) is 24. The molecule has 0 radical (unpaired) electrons. The third-order valence-corrected chi connectivity index (χ3v) is 23.9. The van der Waals surface area contributed by atoms with Gasteiger partial charge in [0.15, 0.2) is 58.2 Å². The fourth-order valence-electron chi connectivity index (χ4n) is 14.2. The van der Waals surface area contributed by atoms with Gasteiger partial charge in [-0.1, -0.05) is 90.3 Å². The zero-order valence-corrected chi connectivity index (χ0v) is 76.7. The first kappa shape index (κ1) is 113. The number of phenols is 1. The van der Waals surface area contributed by atoms with Crippen molar-refractivity contribution in [1.29, 1.82) is 0 Å². The van der Waals surface area contributed by atoms with E-state index < -0.39 is 356 Å². The maximum Gasteiger partial charge on any atom is 0.303 e. The van der Waals surface area contributed by atoms with Crippen LogP contribution >= 0.6 is 0 Å². The van der Waals surface area contributed by atoms with Gasteiger partial charge in [-0.05, 0) is 107 Å². The average Bonchev–Trinajstić information content (AvgIpc) is 0.729. The number of sulfone groups is 1. The van der Waals surface area contributed by atoms with E-state index >= 15 is 58.7 Å². The number of halogens is 10. The molecule has 0 unspecified atom stereocenters. The quantitative estimate of drug-likeness (QED) is 0.0153. The van der Waals surface area contributed by atoms with E-state index in [4.69, 9.17) is 11.5 Å². The van der Waals surface area contributed by atoms with E-state index in [1.807, 2.05) is 22.9 Å². The lowest BCUT2D eigenvalue weighted by Crippen LogP contribution is -2.62. The SMILES string of the molecule is CCCCCCC[C@@H]1NC(=O)[C@H](Cc2ccc(O)cc2)NC(=O)[C@H](CCC(=O)O)NC(=O)[C@@H](NC(=O)[C@H](Cc2ccc(F)c(F)c2)NC(=O)[C@@H](NC(=O)[C@H](CC(C)C)NC(C)=O)[C@@H](C)O)CNc2c(F)c(F)c(c(F)c2F)S(=O)(=O)c2c(F)c(F)c(c(F)c2F)NC[C@H](C(=O)N[C@@H](CO)C(=O)N[C@@H](C)C(=O)N[C@@H](C)C(N)=O)NC(=O)[C@H](CC2CCC2)NC(=O)[C@H](CCC(N)=O)NC(=O)[C@H](C)NC1=O. The summed E-state index contributed by atoms with van der Waals surface area (Å²) in [6.07, 6.45) is -4.56. The molecule has 4 aromatic rings. The zero-order chi connectivity index (χ0) is 103. The molecular weight excluding hydrogens is 1880 g/mol. The van der Waals surface area contributed by atoms with Crippen molar-refractivity contribution in [2.75, 3.05) is 30.3 Å². The third kappa shape index (κ3) is 32.3. The summed E-state index contributed by atoms with van der Waals surface area (Å²) in [5.41, 5.74) is 5.87. The lowest BCUT2D eigenvalue weighted by Gasteiger charge is -2.32. The molecular formula is C86H112F10N18O23S. The van der Waals surface area contributed by atoms with Gasteiger partial charge < -0.3 is 117 Å². The molecule has 1 saturated carbocycles. The number of aliphatic hydroxyl groups excluding tert-OH is 2. The first-order chi connectivity index (χ1) is 64.7. The maximum atomic E-state index is 17.0. The maximum absolute atomic E-state index is 17.0. The smallest absolute Gasteiger partial charge is 0.303 e. The summed E-state index contributed by atoms with van der Waals surface area (Å²) in [6, 6.07) is -21.9. The highest BCUT2D eigenvalue weighted by Crippen LogP contribution is 2.39. The molecule has 4 bridgehead atoms. The second-order valence-corrected chi connectivity index (χ2v) is 35.4. The van der Waals surface area contributed by atoms with Crippen LogP contribution < -0.4 is 96.5 Å². The number of aliphatic hydroxyl groups is 2. The molecule has 8 rings (SSSR count). The molecule has 0 saturated heterocycles. The Morgan fingerprint density at radius 3 is 1.51 bits per heavy atom. The number of primary amides is 2. The summed E-state index contributed by atoms with van der Waals surface area (Å²) in [7, 11) is -7.18. The Kier molecular flexibility index (Phi) is 42.7. The molecule has 1 fully saturated rings. The van der Waals surface area contributed by atoms with Crippen LogP contribution in [-0.4, -0.2) is 240 Å². The van der Waals surface area contributed by atoms with Crippen LogP contribution in [0.15, 0.2) is 52.3 Å². The number of carboxylic acid groups (broad SMARTS) is 1. The summed E-state index contributed by atoms with van der Waals surface area (Å²) in [5.74, 6) is -52.5. The van der Waals surface area contributed by atoms with E-state index in [2.05, 4.69) is 58.5 Å². The number of unbranched alkanes of at least 4 members (excludes halogenated alkanes) is 4. The Bertz CT molecular complexity index is 5240. The molecule has 24 N–H and O–H groups in total. The number of hydrogen-bond donors (Lipinski definition) is 22. The van der Waals surface area contributed by atoms with Gasteiger partial charge in [0.2, 0.25) is 104 Å². The van der Waals surface area contributed by atoms with Crippen molar-refractivity contribution in [3.05, 3.63) is 112 Å². The number of phenolic OH excluding ortho intramolecular Hbond substituents is 1. The first-order valence-corrected chi connectivity index (χ1v) is 45.2. The minimum Gasteiger partial charge on any atom is -0.508 e. The highest BCUT2D eigenvalue weighted by atomic mass is 32.2. The summed E-state index contributed by atoms with van der Waals surface area (Å²) in [4.78, 5) is 231. The number of nitrogens with two attached hydrogens (primary N) is 2. The number of carboxylic acids is 1. The lowest BCUT2D eigenvalue weighted by atomic mass is 9.80.